The summed E-state index contributed by atoms with van der Waals surface area (Å²) in [4.78, 5) is 30.2. The van der Waals surface area contributed by atoms with E-state index in [9.17, 15) is 9.59 Å². The second kappa shape index (κ2) is 6.06. The summed E-state index contributed by atoms with van der Waals surface area (Å²) in [5, 5.41) is 5.69. The van der Waals surface area contributed by atoms with Crippen LogP contribution in [-0.2, 0) is 9.59 Å². The van der Waals surface area contributed by atoms with Crippen molar-refractivity contribution in [2.45, 2.75) is 12.5 Å². The number of likely N-dealkylation sites (tertiary alicyclic amines) is 1. The van der Waals surface area contributed by atoms with Gasteiger partial charge in [-0.2, -0.15) is 0 Å². The molecule has 1 aromatic carbocycles. The molecule has 0 aliphatic carbocycles. The first-order chi connectivity index (χ1) is 10.6. The molecule has 0 bridgehead atoms. The summed E-state index contributed by atoms with van der Waals surface area (Å²) in [7, 11) is 1.71. The molecule has 2 aromatic rings. The Kier molecular flexibility index (Phi) is 4.13. The molecule has 1 aromatic heterocycles. The van der Waals surface area contributed by atoms with Crippen molar-refractivity contribution in [2.75, 3.05) is 12.4 Å². The van der Waals surface area contributed by atoms with Crippen molar-refractivity contribution in [1.29, 1.82) is 0 Å². The first kappa shape index (κ1) is 15.0. The van der Waals surface area contributed by atoms with Gasteiger partial charge in [0.2, 0.25) is 11.8 Å². The van der Waals surface area contributed by atoms with E-state index in [1.54, 1.807) is 35.7 Å². The fourth-order valence-corrected chi connectivity index (χ4v) is 3.47. The van der Waals surface area contributed by atoms with E-state index in [1.165, 1.54) is 11.3 Å². The maximum atomic E-state index is 12.5. The van der Waals surface area contributed by atoms with Crippen LogP contribution in [0.1, 0.15) is 18.0 Å². The molecular formula is C15H14ClN3O2S. The molecule has 114 valence electrons. The number of halogens is 1. The zero-order chi connectivity index (χ0) is 15.7. The van der Waals surface area contributed by atoms with Gasteiger partial charge in [-0.05, 0) is 17.7 Å². The van der Waals surface area contributed by atoms with Crippen LogP contribution >= 0.6 is 22.9 Å². The van der Waals surface area contributed by atoms with Crippen LogP contribution in [-0.4, -0.2) is 28.7 Å². The number of hydrogen-bond donors (Lipinski definition) is 1. The van der Waals surface area contributed by atoms with Crippen molar-refractivity contribution < 1.29 is 9.59 Å². The van der Waals surface area contributed by atoms with Crippen LogP contribution in [0.4, 0.5) is 5.13 Å². The van der Waals surface area contributed by atoms with Crippen LogP contribution in [0, 0.1) is 5.92 Å². The van der Waals surface area contributed by atoms with Crippen LogP contribution in [0.15, 0.2) is 35.8 Å². The van der Waals surface area contributed by atoms with Crippen molar-refractivity contribution >= 4 is 39.9 Å². The van der Waals surface area contributed by atoms with Gasteiger partial charge < -0.3 is 10.2 Å². The van der Waals surface area contributed by atoms with Crippen molar-refractivity contribution in [3.63, 3.8) is 0 Å². The minimum atomic E-state index is -0.458. The lowest BCUT2D eigenvalue weighted by Crippen LogP contribution is -2.30. The SMILES string of the molecule is CN1C(=O)C[C@H](C(=O)Nc2nccs2)[C@@H]1c1cccc(Cl)c1. The molecule has 5 nitrogen and oxygen atoms in total. The molecule has 1 saturated heterocycles. The number of aromatic nitrogens is 1. The Bertz CT molecular complexity index is 705. The van der Waals surface area contributed by atoms with Crippen molar-refractivity contribution in [1.82, 2.24) is 9.88 Å². The molecule has 1 aliphatic rings. The number of carbonyl (C=O) groups is 2. The summed E-state index contributed by atoms with van der Waals surface area (Å²) < 4.78 is 0. The monoisotopic (exact) mass is 335 g/mol. The van der Waals surface area contributed by atoms with E-state index in [0.29, 0.717) is 10.2 Å². The number of carbonyl (C=O) groups excluding carboxylic acids is 2. The maximum Gasteiger partial charge on any atom is 0.232 e. The minimum absolute atomic E-state index is 0.0516. The number of benzene rings is 1. The molecule has 3 rings (SSSR count). The van der Waals surface area contributed by atoms with Crippen LogP contribution in [0.3, 0.4) is 0 Å². The molecular weight excluding hydrogens is 322 g/mol. The average molecular weight is 336 g/mol. The summed E-state index contributed by atoms with van der Waals surface area (Å²) in [5.41, 5.74) is 0.861. The Hall–Kier alpha value is -1.92. The van der Waals surface area contributed by atoms with Gasteiger partial charge in [-0.1, -0.05) is 23.7 Å². The minimum Gasteiger partial charge on any atom is -0.338 e. The number of nitrogens with one attached hydrogen (secondary N) is 1. The molecule has 0 unspecified atom stereocenters. The van der Waals surface area contributed by atoms with Crippen molar-refractivity contribution in [2.24, 2.45) is 5.92 Å². The Balaban J connectivity index is 1.88. The first-order valence-electron chi connectivity index (χ1n) is 6.78. The zero-order valence-electron chi connectivity index (χ0n) is 11.8. The fourth-order valence-electron chi connectivity index (χ4n) is 2.73. The zero-order valence-corrected chi connectivity index (χ0v) is 13.4. The fraction of sp³-hybridized carbons (Fsp3) is 0.267. The summed E-state index contributed by atoms with van der Waals surface area (Å²) in [6.07, 6.45) is 1.81. The molecule has 0 saturated carbocycles. The van der Waals surface area contributed by atoms with Crippen LogP contribution in [0.5, 0.6) is 0 Å². The molecule has 1 fully saturated rings. The third-order valence-corrected chi connectivity index (χ3v) is 4.70. The second-order valence-electron chi connectivity index (χ2n) is 5.14. The third kappa shape index (κ3) is 2.84. The number of nitrogens with zero attached hydrogens (tertiary/aromatic N) is 2. The number of anilines is 1. The molecule has 22 heavy (non-hydrogen) atoms. The number of hydrogen-bond acceptors (Lipinski definition) is 4. The van der Waals surface area contributed by atoms with Gasteiger partial charge in [0.1, 0.15) is 0 Å². The predicted molar refractivity (Wildman–Crippen MR) is 85.8 cm³/mol. The molecule has 1 aliphatic heterocycles. The molecule has 2 amide bonds. The van der Waals surface area contributed by atoms with Crippen LogP contribution in [0.25, 0.3) is 0 Å². The van der Waals surface area contributed by atoms with Crippen LogP contribution < -0.4 is 5.32 Å². The smallest absolute Gasteiger partial charge is 0.232 e. The van der Waals surface area contributed by atoms with E-state index in [1.807, 2.05) is 12.1 Å². The van der Waals surface area contributed by atoms with E-state index in [0.717, 1.165) is 5.56 Å². The molecule has 2 atom stereocenters. The largest absolute Gasteiger partial charge is 0.338 e. The third-order valence-electron chi connectivity index (χ3n) is 3.78. The lowest BCUT2D eigenvalue weighted by Gasteiger charge is -2.24. The van der Waals surface area contributed by atoms with E-state index in [4.69, 9.17) is 11.6 Å². The average Bonchev–Trinajstić information content (AvgIpc) is 3.08. The van der Waals surface area contributed by atoms with E-state index < -0.39 is 5.92 Å². The summed E-state index contributed by atoms with van der Waals surface area (Å²) in [5.74, 6) is -0.707. The standard InChI is InChI=1S/C15H14ClN3O2S/c1-19-12(20)8-11(14(21)18-15-17-5-6-22-15)13(19)9-3-2-4-10(16)7-9/h2-7,11,13H,8H2,1H3,(H,17,18,21)/t11-,13-/m0/s1. The highest BCUT2D eigenvalue weighted by Gasteiger charge is 2.42. The number of thiazole rings is 1. The van der Waals surface area contributed by atoms with Crippen LogP contribution in [0.2, 0.25) is 5.02 Å². The summed E-state index contributed by atoms with van der Waals surface area (Å²) in [6.45, 7) is 0. The second-order valence-corrected chi connectivity index (χ2v) is 6.47. The van der Waals surface area contributed by atoms with E-state index in [-0.39, 0.29) is 24.3 Å². The number of rotatable bonds is 3. The Labute approximate surface area is 136 Å². The molecule has 2 heterocycles. The van der Waals surface area contributed by atoms with Crippen molar-refractivity contribution in [3.8, 4) is 0 Å². The van der Waals surface area contributed by atoms with Gasteiger partial charge in [-0.15, -0.1) is 11.3 Å². The van der Waals surface area contributed by atoms with E-state index in [2.05, 4.69) is 10.3 Å². The predicted octanol–water partition coefficient (Wildman–Crippen LogP) is 2.95. The summed E-state index contributed by atoms with van der Waals surface area (Å²) >= 11 is 7.39. The lowest BCUT2D eigenvalue weighted by molar-refractivity contribution is -0.127. The normalized spacial score (nSPS) is 21.2. The Morgan fingerprint density at radius 2 is 2.32 bits per heavy atom. The molecule has 1 N–H and O–H groups in total. The lowest BCUT2D eigenvalue weighted by atomic mass is 9.93. The van der Waals surface area contributed by atoms with Crippen molar-refractivity contribution in [3.05, 3.63) is 46.4 Å². The van der Waals surface area contributed by atoms with Gasteiger partial charge in [0, 0.05) is 30.1 Å². The van der Waals surface area contributed by atoms with Gasteiger partial charge in [0.25, 0.3) is 0 Å². The first-order valence-corrected chi connectivity index (χ1v) is 8.03. The molecule has 0 spiro atoms. The summed E-state index contributed by atoms with van der Waals surface area (Å²) in [6, 6.07) is 6.96. The highest BCUT2D eigenvalue weighted by Crippen LogP contribution is 2.38. The Morgan fingerprint density at radius 1 is 1.50 bits per heavy atom. The maximum absolute atomic E-state index is 12.5. The van der Waals surface area contributed by atoms with Gasteiger partial charge in [-0.25, -0.2) is 4.98 Å². The number of amides is 2. The topological polar surface area (TPSA) is 62.3 Å². The molecule has 7 heteroatoms. The Morgan fingerprint density at radius 3 is 3.00 bits per heavy atom. The highest BCUT2D eigenvalue weighted by molar-refractivity contribution is 7.13. The van der Waals surface area contributed by atoms with E-state index >= 15 is 0 Å². The van der Waals surface area contributed by atoms with Gasteiger partial charge in [0.05, 0.1) is 12.0 Å². The quantitative estimate of drug-likeness (QED) is 0.938. The molecule has 0 radical (unpaired) electrons. The van der Waals surface area contributed by atoms with Gasteiger partial charge >= 0.3 is 0 Å². The van der Waals surface area contributed by atoms with Gasteiger partial charge in [0.15, 0.2) is 5.13 Å². The van der Waals surface area contributed by atoms with Gasteiger partial charge in [-0.3, -0.25) is 9.59 Å². The highest BCUT2D eigenvalue weighted by atomic mass is 35.5.